The van der Waals surface area contributed by atoms with Crippen molar-refractivity contribution in [1.82, 2.24) is 0 Å². The molecular weight excluding hydrogens is 2050 g/mol. The molecule has 0 aliphatic carbocycles. The second-order valence-electron chi connectivity index (χ2n) is 30.1. The Hall–Kier alpha value is -2.32. The number of methoxy groups -OCH3 is 16. The SMILES string of the molecule is COC1[C@@H](OC)[C@H]2O[C@H]3[C@H](OC)[C@@H](OC)C(O[C@H]4[C@H](OC)[C@@H](OC)[C@@H](O[C@H]5[C@H](OC)[C@@H](OC)[C@@H](O[C@H]6[C@@H](OC)[C@@H](OC)[C@H](O[C@@H]6COS(=O)(=O)O)O[C@H]6C(OC)[C@@H](OC)[C@@H](O[C@H]7[C@H](OC)[C@@H](OC)[C@@H](O[C@H]8[C@H](OC)[C@@H](OC)[C@H](O[C@@H]8COS(=O)(=O)O)O[C@@H]1[C@@H](COS(=O)(=O)O)O2)O[C@@H]7COS(=O)(=O)O)O[C@@H]6COS(=O)(=O)O)O[C@@H]5COS(=O)(=O)O)O[C@@H]4COS(=O)(=O)O)O[C@@H]3COS(=O)(=O)O. The second-order valence-corrected chi connectivity index (χ2v) is 38.8. The van der Waals surface area contributed by atoms with Gasteiger partial charge in [0.25, 0.3) is 0 Å². The van der Waals surface area contributed by atoms with Crippen LogP contribution in [0.3, 0.4) is 0 Å². The summed E-state index contributed by atoms with van der Waals surface area (Å²) in [5, 5.41) is 0. The van der Waals surface area contributed by atoms with Crippen LogP contribution in [0.4, 0.5) is 0 Å². The van der Waals surface area contributed by atoms with Crippen LogP contribution in [0.5, 0.6) is 0 Å². The van der Waals surface area contributed by atoms with Gasteiger partial charge in [0, 0.05) is 114 Å². The molecule has 30 heterocycles. The van der Waals surface area contributed by atoms with Gasteiger partial charge in [0.05, 0.1) is 52.9 Å². The minimum Gasteiger partial charge on any atom is -0.376 e. The van der Waals surface area contributed by atoms with E-state index in [4.69, 9.17) is 185 Å². The van der Waals surface area contributed by atoms with Crippen molar-refractivity contribution < 1.29 is 289 Å². The van der Waals surface area contributed by atoms with Gasteiger partial charge in [-0.2, -0.15) is 67.3 Å². The molecule has 0 aromatic rings. The Morgan fingerprint density at radius 1 is 0.147 bits per heavy atom. The van der Waals surface area contributed by atoms with Crippen molar-refractivity contribution in [1.29, 1.82) is 0 Å². The standard InChI is InChI=1S/C64H112O64S8/c1-89-41-33-25(17-105-129(65,66)67)113-57(49(41)97-9)122-34-26(18-106-130(68,69)70)115-59(51(99-11)42(34)90-2)124-36-28(20-108-132(74,75)76)117-61(53(101-13)44(36)92-4)126-38-30(22-110-134(80,81)82)119-63(55(103-15)46(38)94-6)128-40-32(24-112-136(86,87)88)120-64(56(104-16)48(40)96-8)127-39-31(23-111-135(83,84)85)118-62(54(102-14)47(39)95-7)125-37-29(21-109-133(77,78)79)116-60(52(100-12)45(37)93-5)123-35-27(19-107-131(71,72)73)114-58(121-33)50(98-10)43(35)91-3/h25-64H,17-24H2,1-16H3,(H,65,66,67)(H,68,69,70)(H,71,72,73)(H,74,75,76)(H,77,78,79)(H,80,81,82)(H,83,84,85)(H,86,87,88)/t25-,26-,27-,28-,29-,30-,31-,32-,33-,34-,35-,36-,37-,38-,39-,40-,41-,42?,43+,44+,45+,46+,47+,48?,49-,50-,51-,52-,53-,54-,55-,56-,57-,58-,59-,60-,61-,62?,63-,64-/m1/s1. The summed E-state index contributed by atoms with van der Waals surface area (Å²) < 4.78 is 522. The highest BCUT2D eigenvalue weighted by Crippen LogP contribution is 2.45. The molecule has 40 atom stereocenters. The highest BCUT2D eigenvalue weighted by molar-refractivity contribution is 7.82. The average Bonchev–Trinajstić information content (AvgIpc) is 0.756. The zero-order valence-corrected chi connectivity index (χ0v) is 81.0. The van der Waals surface area contributed by atoms with Crippen LogP contribution in [0.2, 0.25) is 0 Å². The van der Waals surface area contributed by atoms with Gasteiger partial charge in [0.2, 0.25) is 0 Å². The van der Waals surface area contributed by atoms with E-state index in [1.54, 1.807) is 0 Å². The van der Waals surface area contributed by atoms with E-state index in [2.05, 4.69) is 0 Å². The van der Waals surface area contributed by atoms with E-state index < -0.39 is 382 Å². The van der Waals surface area contributed by atoms with Crippen LogP contribution in [-0.4, -0.2) is 516 Å². The summed E-state index contributed by atoms with van der Waals surface area (Å²) in [6.45, 7) is -10.7. The van der Waals surface area contributed by atoms with Gasteiger partial charge in [-0.25, -0.2) is 33.5 Å². The van der Waals surface area contributed by atoms with Gasteiger partial charge in [-0.1, -0.05) is 0 Å². The molecule has 0 spiro atoms. The summed E-state index contributed by atoms with van der Waals surface area (Å²) in [6, 6.07) is 0. The molecule has 0 radical (unpaired) electrons. The molecule has 30 rings (SSSR count). The van der Waals surface area contributed by atoms with Crippen molar-refractivity contribution >= 4 is 83.2 Å². The largest absolute Gasteiger partial charge is 0.397 e. The monoisotopic (exact) mass is 2160 g/mol. The molecule has 64 nitrogen and oxygen atoms in total. The Kier molecular flexibility index (Phi) is 43.4. The van der Waals surface area contributed by atoms with Crippen LogP contribution in [0.1, 0.15) is 0 Å². The number of rotatable bonds is 40. The molecule has 3 unspecified atom stereocenters. The van der Waals surface area contributed by atoms with Crippen LogP contribution in [0, 0.1) is 0 Å². The lowest BCUT2D eigenvalue weighted by Crippen LogP contribution is -2.70. The average molecular weight is 2160 g/mol. The van der Waals surface area contributed by atoms with Crippen LogP contribution in [-0.2, 0) is 268 Å². The van der Waals surface area contributed by atoms with Gasteiger partial charge >= 0.3 is 83.2 Å². The van der Waals surface area contributed by atoms with Crippen molar-refractivity contribution in [3.63, 3.8) is 0 Å². The fraction of sp³-hybridized carbons (Fsp3) is 1.00. The molecule has 0 aromatic carbocycles. The topological polar surface area (TPSA) is 804 Å². The first kappa shape index (κ1) is 117. The Balaban J connectivity index is 1.24. The molecule has 0 saturated carbocycles. The first-order chi connectivity index (χ1) is 63.7. The molecule has 8 N–H and O–H groups in total. The van der Waals surface area contributed by atoms with E-state index in [1.165, 1.54) is 0 Å². The Morgan fingerprint density at radius 2 is 0.228 bits per heavy atom. The van der Waals surface area contributed by atoms with Crippen molar-refractivity contribution in [3.05, 3.63) is 0 Å². The molecular formula is C64H112O64S8. The number of hydrogen-bond donors (Lipinski definition) is 8. The zero-order chi connectivity index (χ0) is 101. The molecule has 0 amide bonds. The highest BCUT2D eigenvalue weighted by Gasteiger charge is 2.64. The van der Waals surface area contributed by atoms with E-state index in [-0.39, 0.29) is 0 Å². The normalized spacial score (nSPS) is 41.0. The minimum atomic E-state index is -5.55. The first-order valence-corrected chi connectivity index (χ1v) is 50.5. The molecule has 30 aliphatic rings. The summed E-state index contributed by atoms with van der Waals surface area (Å²) in [6.07, 6.45) is -78.1. The lowest BCUT2D eigenvalue weighted by atomic mass is 9.94. The van der Waals surface area contributed by atoms with Gasteiger partial charge in [0.1, 0.15) is 195 Å². The number of hydrogen-bond acceptors (Lipinski definition) is 56. The smallest absolute Gasteiger partial charge is 0.376 e. The van der Waals surface area contributed by atoms with Gasteiger partial charge in [-0.15, -0.1) is 0 Å². The Labute approximate surface area is 780 Å². The lowest BCUT2D eigenvalue weighted by molar-refractivity contribution is -0.408. The van der Waals surface area contributed by atoms with Gasteiger partial charge in [-0.3, -0.25) is 36.4 Å². The predicted octanol–water partition coefficient (Wildman–Crippen LogP) is -8.32. The van der Waals surface area contributed by atoms with Crippen molar-refractivity contribution in [2.75, 3.05) is 167 Å². The van der Waals surface area contributed by atoms with Gasteiger partial charge in [-0.05, 0) is 0 Å². The molecule has 30 aliphatic heterocycles. The van der Waals surface area contributed by atoms with E-state index >= 15 is 0 Å². The molecule has 16 bridgehead atoms. The van der Waals surface area contributed by atoms with Gasteiger partial charge < -0.3 is 152 Å². The molecule has 136 heavy (non-hydrogen) atoms. The van der Waals surface area contributed by atoms with Crippen molar-refractivity contribution in [2.45, 2.75) is 246 Å². The zero-order valence-electron chi connectivity index (χ0n) is 74.5. The minimum absolute atomic E-state index is 1.02. The fourth-order valence-corrected chi connectivity index (χ4v) is 19.3. The third kappa shape index (κ3) is 30.9. The summed E-state index contributed by atoms with van der Waals surface area (Å²) in [5.41, 5.74) is 0. The maximum Gasteiger partial charge on any atom is 0.397 e. The molecule has 30 fully saturated rings. The van der Waals surface area contributed by atoms with Crippen LogP contribution < -0.4 is 0 Å². The van der Waals surface area contributed by atoms with Crippen LogP contribution in [0.25, 0.3) is 0 Å². The third-order valence-electron chi connectivity index (χ3n) is 22.5. The first-order valence-electron chi connectivity index (χ1n) is 39.5. The highest BCUT2D eigenvalue weighted by atomic mass is 32.3. The van der Waals surface area contributed by atoms with E-state index in [0.717, 1.165) is 114 Å². The van der Waals surface area contributed by atoms with Crippen LogP contribution >= 0.6 is 0 Å². The van der Waals surface area contributed by atoms with E-state index in [0.29, 0.717) is 0 Å². The predicted molar refractivity (Wildman–Crippen MR) is 421 cm³/mol. The fourth-order valence-electron chi connectivity index (χ4n) is 16.9. The number of ether oxygens (including phenoxy) is 32. The summed E-state index contributed by atoms with van der Waals surface area (Å²) >= 11 is 0. The van der Waals surface area contributed by atoms with Gasteiger partial charge in [0.15, 0.2) is 50.3 Å². The maximum absolute atomic E-state index is 12.6. The van der Waals surface area contributed by atoms with Crippen LogP contribution in [0.15, 0.2) is 0 Å². The molecule has 72 heteroatoms. The summed E-state index contributed by atoms with van der Waals surface area (Å²) in [7, 11) is -28.2. The third-order valence-corrected chi connectivity index (χ3v) is 25.9. The molecule has 0 aromatic heterocycles. The molecule has 800 valence electrons. The lowest BCUT2D eigenvalue weighted by Gasteiger charge is -2.53. The Morgan fingerprint density at radius 3 is 0.294 bits per heavy atom. The van der Waals surface area contributed by atoms with E-state index in [9.17, 15) is 104 Å². The van der Waals surface area contributed by atoms with Crippen molar-refractivity contribution in [3.8, 4) is 0 Å². The maximum atomic E-state index is 12.6. The molecule has 30 saturated heterocycles. The van der Waals surface area contributed by atoms with E-state index in [1.807, 2.05) is 0 Å². The summed E-state index contributed by atoms with van der Waals surface area (Å²) in [5.74, 6) is 0. The second kappa shape index (κ2) is 50.4. The summed E-state index contributed by atoms with van der Waals surface area (Å²) in [4.78, 5) is 0. The Bertz CT molecular complexity index is 3810. The quantitative estimate of drug-likeness (QED) is 0.0264. The van der Waals surface area contributed by atoms with Crippen molar-refractivity contribution in [2.24, 2.45) is 0 Å².